The van der Waals surface area contributed by atoms with E-state index in [1.165, 1.54) is 5.56 Å². The second kappa shape index (κ2) is 10.3. The molecule has 24 heavy (non-hydrogen) atoms. The van der Waals surface area contributed by atoms with Crippen molar-refractivity contribution in [1.29, 1.82) is 0 Å². The van der Waals surface area contributed by atoms with Gasteiger partial charge in [0.05, 0.1) is 6.61 Å². The van der Waals surface area contributed by atoms with E-state index in [9.17, 15) is 0 Å². The molecular weight excluding hydrogens is 292 g/mol. The molecule has 0 radical (unpaired) electrons. The number of ether oxygens (including phenoxy) is 1. The third-order valence-electron chi connectivity index (χ3n) is 3.42. The van der Waals surface area contributed by atoms with Crippen LogP contribution in [0.2, 0.25) is 0 Å². The van der Waals surface area contributed by atoms with E-state index in [1.54, 1.807) is 0 Å². The van der Waals surface area contributed by atoms with Crippen LogP contribution in [0.15, 0.2) is 73.8 Å². The highest BCUT2D eigenvalue weighted by Gasteiger charge is 1.99. The van der Waals surface area contributed by atoms with Crippen molar-refractivity contribution in [2.45, 2.75) is 27.7 Å². The Labute approximate surface area is 147 Å². The fraction of sp³-hybridized carbons (Fsp3) is 0.217. The Kier molecular flexibility index (Phi) is 8.35. The van der Waals surface area contributed by atoms with Gasteiger partial charge in [0.1, 0.15) is 5.75 Å². The monoisotopic (exact) mass is 320 g/mol. The fourth-order valence-corrected chi connectivity index (χ4v) is 2.11. The summed E-state index contributed by atoms with van der Waals surface area (Å²) in [5.41, 5.74) is 5.34. The number of allylic oxidation sites excluding steroid dienone is 4. The molecule has 0 aromatic heterocycles. The maximum absolute atomic E-state index is 5.52. The Morgan fingerprint density at radius 2 is 1.50 bits per heavy atom. The van der Waals surface area contributed by atoms with Gasteiger partial charge >= 0.3 is 0 Å². The normalized spacial score (nSPS) is 10.0. The van der Waals surface area contributed by atoms with E-state index in [4.69, 9.17) is 4.74 Å². The van der Waals surface area contributed by atoms with Gasteiger partial charge in [0.15, 0.2) is 0 Å². The van der Waals surface area contributed by atoms with Gasteiger partial charge in [-0.05, 0) is 48.3 Å². The lowest BCUT2D eigenvalue weighted by atomic mass is 10.0. The van der Waals surface area contributed by atoms with Gasteiger partial charge in [-0.25, -0.2) is 0 Å². The summed E-state index contributed by atoms with van der Waals surface area (Å²) in [4.78, 5) is 0. The number of hydrogen-bond acceptors (Lipinski definition) is 1. The molecular formula is C23H28O. The van der Waals surface area contributed by atoms with Crippen LogP contribution in [-0.4, -0.2) is 6.61 Å². The van der Waals surface area contributed by atoms with Crippen LogP contribution in [0.3, 0.4) is 0 Å². The Balaban J connectivity index is 0.00000139. The largest absolute Gasteiger partial charge is 0.494 e. The highest BCUT2D eigenvalue weighted by molar-refractivity contribution is 5.79. The topological polar surface area (TPSA) is 9.23 Å². The summed E-state index contributed by atoms with van der Waals surface area (Å²) >= 11 is 0. The molecule has 0 spiro atoms. The minimum Gasteiger partial charge on any atom is -0.494 e. The minimum absolute atomic E-state index is 0.663. The van der Waals surface area contributed by atoms with Gasteiger partial charge in [-0.15, -0.1) is 0 Å². The summed E-state index contributed by atoms with van der Waals surface area (Å²) < 4.78 is 5.52. The third kappa shape index (κ3) is 5.92. The smallest absolute Gasteiger partial charge is 0.119 e. The Bertz CT molecular complexity index is 690. The highest BCUT2D eigenvalue weighted by atomic mass is 16.5. The summed E-state index contributed by atoms with van der Waals surface area (Å²) in [5.74, 6) is 0.868. The van der Waals surface area contributed by atoms with Crippen LogP contribution in [-0.2, 0) is 0 Å². The van der Waals surface area contributed by atoms with Crippen molar-refractivity contribution < 1.29 is 4.74 Å². The third-order valence-corrected chi connectivity index (χ3v) is 3.42. The van der Waals surface area contributed by atoms with Crippen LogP contribution in [0.25, 0.3) is 11.1 Å². The predicted molar refractivity (Wildman–Crippen MR) is 107 cm³/mol. The van der Waals surface area contributed by atoms with Crippen LogP contribution in [0, 0.1) is 6.92 Å². The van der Waals surface area contributed by atoms with Crippen molar-refractivity contribution >= 4 is 11.1 Å². The molecule has 1 nitrogen and oxygen atoms in total. The molecule has 0 aliphatic rings. The van der Waals surface area contributed by atoms with Gasteiger partial charge in [-0.3, -0.25) is 0 Å². The molecule has 1 heteroatoms. The highest BCUT2D eigenvalue weighted by Crippen LogP contribution is 2.22. The zero-order valence-corrected chi connectivity index (χ0v) is 15.3. The van der Waals surface area contributed by atoms with Crippen molar-refractivity contribution in [3.8, 4) is 5.75 Å². The van der Waals surface area contributed by atoms with Crippen molar-refractivity contribution in [3.05, 3.63) is 90.5 Å². The van der Waals surface area contributed by atoms with E-state index in [2.05, 4.69) is 44.3 Å². The molecule has 0 fully saturated rings. The number of aryl methyl sites for hydroxylation is 1. The molecule has 0 saturated heterocycles. The first-order valence-corrected chi connectivity index (χ1v) is 8.46. The van der Waals surface area contributed by atoms with Crippen LogP contribution in [0.1, 0.15) is 37.5 Å². The Morgan fingerprint density at radius 1 is 0.917 bits per heavy atom. The van der Waals surface area contributed by atoms with Gasteiger partial charge in [-0.2, -0.15) is 0 Å². The molecule has 0 bridgehead atoms. The lowest BCUT2D eigenvalue weighted by Crippen LogP contribution is -1.91. The van der Waals surface area contributed by atoms with Gasteiger partial charge in [0.25, 0.3) is 0 Å². The van der Waals surface area contributed by atoms with E-state index in [0.717, 1.165) is 28.0 Å². The van der Waals surface area contributed by atoms with E-state index < -0.39 is 0 Å². The minimum atomic E-state index is 0.663. The van der Waals surface area contributed by atoms with Crippen LogP contribution in [0.4, 0.5) is 0 Å². The molecule has 0 aliphatic heterocycles. The van der Waals surface area contributed by atoms with Crippen molar-refractivity contribution in [2.24, 2.45) is 0 Å². The molecule has 0 heterocycles. The molecule has 0 saturated carbocycles. The van der Waals surface area contributed by atoms with Gasteiger partial charge in [0.2, 0.25) is 0 Å². The van der Waals surface area contributed by atoms with Gasteiger partial charge in [-0.1, -0.05) is 81.1 Å². The maximum atomic E-state index is 5.52. The standard InChI is InChI=1S/C21H22O.C2H6/c1-5-22-21-8-6-7-20(15-21)18(4)12-11-17(3)19-13-9-16(2)10-14-19;1-2/h6-15H,3-5H2,1-2H3;1-2H3/b12-11-;. The van der Waals surface area contributed by atoms with Crippen molar-refractivity contribution in [1.82, 2.24) is 0 Å². The molecule has 0 atom stereocenters. The van der Waals surface area contributed by atoms with E-state index >= 15 is 0 Å². The number of hydrogen-bond donors (Lipinski definition) is 0. The summed E-state index contributed by atoms with van der Waals surface area (Å²) in [6.07, 6.45) is 3.99. The van der Waals surface area contributed by atoms with E-state index in [1.807, 2.05) is 57.2 Å². The second-order valence-electron chi connectivity index (χ2n) is 5.21. The Hall–Kier alpha value is -2.54. The summed E-state index contributed by atoms with van der Waals surface area (Å²) in [5, 5.41) is 0. The number of rotatable bonds is 6. The van der Waals surface area contributed by atoms with Crippen LogP contribution < -0.4 is 4.74 Å². The fourth-order valence-electron chi connectivity index (χ4n) is 2.11. The molecule has 0 amide bonds. The zero-order valence-electron chi connectivity index (χ0n) is 15.3. The lowest BCUT2D eigenvalue weighted by Gasteiger charge is -2.06. The average molecular weight is 320 g/mol. The van der Waals surface area contributed by atoms with Gasteiger partial charge in [0, 0.05) is 0 Å². The van der Waals surface area contributed by atoms with Crippen molar-refractivity contribution in [3.63, 3.8) is 0 Å². The molecule has 2 aromatic carbocycles. The summed E-state index contributed by atoms with van der Waals surface area (Å²) in [6.45, 7) is 17.0. The average Bonchev–Trinajstić information content (AvgIpc) is 2.62. The molecule has 2 rings (SSSR count). The van der Waals surface area contributed by atoms with Gasteiger partial charge < -0.3 is 4.74 Å². The van der Waals surface area contributed by atoms with E-state index in [0.29, 0.717) is 6.61 Å². The quantitative estimate of drug-likeness (QED) is 0.538. The predicted octanol–water partition coefficient (Wildman–Crippen LogP) is 6.70. The molecule has 2 aromatic rings. The Morgan fingerprint density at radius 3 is 2.08 bits per heavy atom. The zero-order chi connectivity index (χ0) is 17.9. The molecule has 126 valence electrons. The number of benzene rings is 2. The SMILES string of the molecule is C=C(/C=C\C(=C)c1cccc(OCC)c1)c1ccc(C)cc1.CC. The van der Waals surface area contributed by atoms with E-state index in [-0.39, 0.29) is 0 Å². The molecule has 0 unspecified atom stereocenters. The maximum Gasteiger partial charge on any atom is 0.119 e. The first-order valence-electron chi connectivity index (χ1n) is 8.46. The molecule has 0 aliphatic carbocycles. The summed E-state index contributed by atoms with van der Waals surface area (Å²) in [6, 6.07) is 16.3. The van der Waals surface area contributed by atoms with Crippen LogP contribution in [0.5, 0.6) is 5.75 Å². The van der Waals surface area contributed by atoms with Crippen molar-refractivity contribution in [2.75, 3.05) is 6.61 Å². The van der Waals surface area contributed by atoms with Crippen LogP contribution >= 0.6 is 0 Å². The first-order chi connectivity index (χ1) is 11.6. The lowest BCUT2D eigenvalue weighted by molar-refractivity contribution is 0.340. The summed E-state index contributed by atoms with van der Waals surface area (Å²) in [7, 11) is 0. The second-order valence-corrected chi connectivity index (χ2v) is 5.21. The first kappa shape index (κ1) is 19.5. The molecule has 0 N–H and O–H groups in total.